The number of ether oxygens (including phenoxy) is 3. The summed E-state index contributed by atoms with van der Waals surface area (Å²) in [4.78, 5) is 38.2. The molecule has 0 saturated carbocycles. The summed E-state index contributed by atoms with van der Waals surface area (Å²) < 4.78 is 16.9. The van der Waals surface area contributed by atoms with Crippen LogP contribution in [0.25, 0.3) is 0 Å². The molecule has 71 heavy (non-hydrogen) atoms. The number of esters is 3. The third-order valence-corrected chi connectivity index (χ3v) is 14.8. The molecular formula is C65H124O6. The standard InChI is InChI=1S/C65H124O6/c1-4-7-10-13-16-19-22-24-26-28-29-30-31-32-33-34-35-37-38-40-43-46-49-52-55-58-64(67)70-61-62(60-69-63(66)57-54-51-48-45-42-21-18-15-12-9-6-3)71-65(68)59-56-53-50-47-44-41-39-36-27-25-23-20-17-14-11-8-5-2/h15,18,62H,4-14,16-17,19-61H2,1-3H3/b18-15-. The van der Waals surface area contributed by atoms with E-state index in [1.165, 1.54) is 263 Å². The molecule has 0 aliphatic rings. The Labute approximate surface area is 443 Å². The molecule has 0 fully saturated rings. The second-order valence-corrected chi connectivity index (χ2v) is 22.0. The number of unbranched alkanes of at least 4 members (excludes halogenated alkanes) is 47. The van der Waals surface area contributed by atoms with Crippen molar-refractivity contribution in [1.29, 1.82) is 0 Å². The fourth-order valence-corrected chi connectivity index (χ4v) is 9.90. The van der Waals surface area contributed by atoms with Crippen molar-refractivity contribution >= 4 is 17.9 Å². The minimum atomic E-state index is -0.768. The monoisotopic (exact) mass is 1000 g/mol. The Morgan fingerprint density at radius 2 is 0.479 bits per heavy atom. The van der Waals surface area contributed by atoms with Gasteiger partial charge in [-0.05, 0) is 38.5 Å². The van der Waals surface area contributed by atoms with Crippen LogP contribution in [0.2, 0.25) is 0 Å². The fraction of sp³-hybridized carbons (Fsp3) is 0.923. The van der Waals surface area contributed by atoms with Crippen molar-refractivity contribution in [2.75, 3.05) is 13.2 Å². The van der Waals surface area contributed by atoms with Gasteiger partial charge >= 0.3 is 17.9 Å². The van der Waals surface area contributed by atoms with Crippen molar-refractivity contribution in [1.82, 2.24) is 0 Å². The Bertz CT molecular complexity index is 1100. The van der Waals surface area contributed by atoms with Gasteiger partial charge in [-0.15, -0.1) is 0 Å². The third kappa shape index (κ3) is 58.9. The Kier molecular flexibility index (Phi) is 59.1. The zero-order chi connectivity index (χ0) is 51.4. The molecule has 0 aromatic rings. The number of rotatable bonds is 60. The largest absolute Gasteiger partial charge is 0.462 e. The van der Waals surface area contributed by atoms with E-state index in [1.807, 2.05) is 0 Å². The first kappa shape index (κ1) is 69.2. The van der Waals surface area contributed by atoms with Gasteiger partial charge in [0.2, 0.25) is 0 Å². The van der Waals surface area contributed by atoms with E-state index in [0.29, 0.717) is 19.3 Å². The topological polar surface area (TPSA) is 78.9 Å². The van der Waals surface area contributed by atoms with E-state index in [-0.39, 0.29) is 31.1 Å². The molecule has 0 spiro atoms. The summed E-state index contributed by atoms with van der Waals surface area (Å²) in [6, 6.07) is 0. The molecule has 6 heteroatoms. The number of carbonyl (C=O) groups excluding carboxylic acids is 3. The lowest BCUT2D eigenvalue weighted by atomic mass is 10.0. The van der Waals surface area contributed by atoms with Crippen LogP contribution in [0, 0.1) is 0 Å². The minimum absolute atomic E-state index is 0.0662. The maximum Gasteiger partial charge on any atom is 0.306 e. The molecule has 0 aliphatic heterocycles. The van der Waals surface area contributed by atoms with Gasteiger partial charge in [-0.3, -0.25) is 14.4 Å². The van der Waals surface area contributed by atoms with Crippen molar-refractivity contribution in [3.05, 3.63) is 12.2 Å². The molecule has 0 aliphatic carbocycles. The lowest BCUT2D eigenvalue weighted by Gasteiger charge is -2.18. The molecular weight excluding hydrogens is 877 g/mol. The van der Waals surface area contributed by atoms with Crippen LogP contribution in [0.15, 0.2) is 12.2 Å². The molecule has 0 aromatic heterocycles. The van der Waals surface area contributed by atoms with E-state index in [9.17, 15) is 14.4 Å². The molecule has 0 aromatic carbocycles. The first-order valence-corrected chi connectivity index (χ1v) is 32.2. The van der Waals surface area contributed by atoms with Gasteiger partial charge in [-0.2, -0.15) is 0 Å². The average molecular weight is 1000 g/mol. The normalized spacial score (nSPS) is 12.0. The second kappa shape index (κ2) is 60.7. The summed E-state index contributed by atoms with van der Waals surface area (Å²) in [5.74, 6) is -0.848. The summed E-state index contributed by atoms with van der Waals surface area (Å²) >= 11 is 0. The zero-order valence-electron chi connectivity index (χ0n) is 48.3. The quantitative estimate of drug-likeness (QED) is 0.0261. The SMILES string of the molecule is CCCC/C=C\CCCCCCCC(=O)OCC(COC(=O)CCCCCCCCCCCCCCCCCCCCCCCCCCC)OC(=O)CCCCCCCCCCCCCCCCCCC. The molecule has 0 radical (unpaired) electrons. The summed E-state index contributed by atoms with van der Waals surface area (Å²) in [6.45, 7) is 6.67. The van der Waals surface area contributed by atoms with Crippen molar-refractivity contribution in [2.24, 2.45) is 0 Å². The predicted octanol–water partition coefficient (Wildman–Crippen LogP) is 21.7. The number of hydrogen-bond donors (Lipinski definition) is 0. The van der Waals surface area contributed by atoms with Gasteiger partial charge in [0.1, 0.15) is 13.2 Å². The molecule has 1 atom stereocenters. The second-order valence-electron chi connectivity index (χ2n) is 22.0. The summed E-state index contributed by atoms with van der Waals surface area (Å²) in [5, 5.41) is 0. The third-order valence-electron chi connectivity index (χ3n) is 14.8. The highest BCUT2D eigenvalue weighted by molar-refractivity contribution is 5.71. The van der Waals surface area contributed by atoms with Gasteiger partial charge in [0.05, 0.1) is 0 Å². The fourth-order valence-electron chi connectivity index (χ4n) is 9.90. The molecule has 6 nitrogen and oxygen atoms in total. The highest BCUT2D eigenvalue weighted by Crippen LogP contribution is 2.18. The molecule has 1 unspecified atom stereocenters. The number of carbonyl (C=O) groups is 3. The summed E-state index contributed by atoms with van der Waals surface area (Å²) in [5.41, 5.74) is 0. The van der Waals surface area contributed by atoms with E-state index in [1.54, 1.807) is 0 Å². The van der Waals surface area contributed by atoms with Gasteiger partial charge in [-0.1, -0.05) is 322 Å². The van der Waals surface area contributed by atoms with Crippen LogP contribution in [-0.4, -0.2) is 37.2 Å². The van der Waals surface area contributed by atoms with Gasteiger partial charge < -0.3 is 14.2 Å². The average Bonchev–Trinajstić information content (AvgIpc) is 3.37. The van der Waals surface area contributed by atoms with E-state index in [0.717, 1.165) is 64.2 Å². The van der Waals surface area contributed by atoms with Gasteiger partial charge in [0.25, 0.3) is 0 Å². The molecule has 420 valence electrons. The van der Waals surface area contributed by atoms with Crippen LogP contribution in [0.5, 0.6) is 0 Å². The van der Waals surface area contributed by atoms with Gasteiger partial charge in [0, 0.05) is 19.3 Å². The van der Waals surface area contributed by atoms with Crippen molar-refractivity contribution in [2.45, 2.75) is 374 Å². The molecule has 0 bridgehead atoms. The minimum Gasteiger partial charge on any atom is -0.462 e. The highest BCUT2D eigenvalue weighted by Gasteiger charge is 2.19. The van der Waals surface area contributed by atoms with Crippen LogP contribution < -0.4 is 0 Å². The first-order valence-electron chi connectivity index (χ1n) is 32.2. The molecule has 0 rings (SSSR count). The maximum atomic E-state index is 12.9. The van der Waals surface area contributed by atoms with E-state index < -0.39 is 6.10 Å². The lowest BCUT2D eigenvalue weighted by molar-refractivity contribution is -0.167. The zero-order valence-corrected chi connectivity index (χ0v) is 48.3. The van der Waals surface area contributed by atoms with Crippen molar-refractivity contribution < 1.29 is 28.6 Å². The van der Waals surface area contributed by atoms with Crippen LogP contribution in [0.3, 0.4) is 0 Å². The Morgan fingerprint density at radius 3 is 0.746 bits per heavy atom. The van der Waals surface area contributed by atoms with Gasteiger partial charge in [0.15, 0.2) is 6.10 Å². The number of hydrogen-bond acceptors (Lipinski definition) is 6. The molecule has 0 amide bonds. The Morgan fingerprint density at radius 1 is 0.268 bits per heavy atom. The summed E-state index contributed by atoms with van der Waals surface area (Å²) in [6.07, 6.45) is 70.9. The summed E-state index contributed by atoms with van der Waals surface area (Å²) in [7, 11) is 0. The predicted molar refractivity (Wildman–Crippen MR) is 307 cm³/mol. The number of allylic oxidation sites excluding steroid dienone is 2. The lowest BCUT2D eigenvalue weighted by Crippen LogP contribution is -2.30. The Balaban J connectivity index is 4.16. The van der Waals surface area contributed by atoms with Crippen molar-refractivity contribution in [3.8, 4) is 0 Å². The highest BCUT2D eigenvalue weighted by atomic mass is 16.6. The smallest absolute Gasteiger partial charge is 0.306 e. The van der Waals surface area contributed by atoms with Crippen LogP contribution in [0.4, 0.5) is 0 Å². The molecule has 0 heterocycles. The van der Waals surface area contributed by atoms with Crippen LogP contribution in [-0.2, 0) is 28.6 Å². The van der Waals surface area contributed by atoms with E-state index in [2.05, 4.69) is 32.9 Å². The van der Waals surface area contributed by atoms with Gasteiger partial charge in [-0.25, -0.2) is 0 Å². The van der Waals surface area contributed by atoms with Crippen LogP contribution in [0.1, 0.15) is 367 Å². The maximum absolute atomic E-state index is 12.9. The van der Waals surface area contributed by atoms with Crippen LogP contribution >= 0.6 is 0 Å². The van der Waals surface area contributed by atoms with E-state index in [4.69, 9.17) is 14.2 Å². The first-order chi connectivity index (χ1) is 35.0. The van der Waals surface area contributed by atoms with Crippen molar-refractivity contribution in [3.63, 3.8) is 0 Å². The molecule has 0 saturated heterocycles. The molecule has 0 N–H and O–H groups in total. The Hall–Kier alpha value is -1.85. The van der Waals surface area contributed by atoms with E-state index >= 15 is 0 Å².